The minimum Gasteiger partial charge on any atom is -0.388 e. The predicted molar refractivity (Wildman–Crippen MR) is 49.6 cm³/mol. The van der Waals surface area contributed by atoms with Crippen molar-refractivity contribution in [1.82, 2.24) is 5.32 Å². The third kappa shape index (κ3) is 2.62. The van der Waals surface area contributed by atoms with Crippen LogP contribution in [0.3, 0.4) is 0 Å². The average Bonchev–Trinajstić information content (AvgIpc) is 2.37. The van der Waals surface area contributed by atoms with Crippen molar-refractivity contribution in [3.63, 3.8) is 0 Å². The molecule has 0 aromatic rings. The number of hydrogen-bond acceptors (Lipinski definition) is 2. The SMILES string of the molecule is CNC1=CCC(C(F)(F)F)=C(C#N)C=C1. The first kappa shape index (κ1) is 11.4. The number of hydrogen-bond donors (Lipinski definition) is 1. The first-order chi connectivity index (χ1) is 6.99. The van der Waals surface area contributed by atoms with E-state index in [1.54, 1.807) is 13.1 Å². The largest absolute Gasteiger partial charge is 0.414 e. The van der Waals surface area contributed by atoms with Crippen LogP contribution in [0.25, 0.3) is 0 Å². The standard InChI is InChI=1S/C10H9F3N2/c1-15-8-3-2-7(6-14)9(5-4-8)10(11,12)13/h2-4,15H,5H2,1H3. The van der Waals surface area contributed by atoms with E-state index in [2.05, 4.69) is 5.32 Å². The van der Waals surface area contributed by atoms with E-state index < -0.39 is 11.7 Å². The van der Waals surface area contributed by atoms with Gasteiger partial charge in [-0.15, -0.1) is 0 Å². The molecule has 0 amide bonds. The van der Waals surface area contributed by atoms with E-state index in [4.69, 9.17) is 5.26 Å². The Morgan fingerprint density at radius 2 is 2.07 bits per heavy atom. The minimum absolute atomic E-state index is 0.282. The first-order valence-electron chi connectivity index (χ1n) is 4.25. The molecular formula is C10H9F3N2. The van der Waals surface area contributed by atoms with Crippen LogP contribution in [-0.2, 0) is 0 Å². The van der Waals surface area contributed by atoms with E-state index in [9.17, 15) is 13.2 Å². The summed E-state index contributed by atoms with van der Waals surface area (Å²) in [5, 5.41) is 11.3. The number of alkyl halides is 3. The van der Waals surface area contributed by atoms with Gasteiger partial charge in [-0.1, -0.05) is 6.08 Å². The van der Waals surface area contributed by atoms with Crippen LogP contribution >= 0.6 is 0 Å². The van der Waals surface area contributed by atoms with Gasteiger partial charge in [0.1, 0.15) is 0 Å². The van der Waals surface area contributed by atoms with E-state index in [-0.39, 0.29) is 12.0 Å². The predicted octanol–water partition coefficient (Wildman–Crippen LogP) is 2.43. The Balaban J connectivity index is 3.13. The number of allylic oxidation sites excluding steroid dienone is 5. The van der Waals surface area contributed by atoms with Gasteiger partial charge in [0.05, 0.1) is 17.2 Å². The molecule has 0 aliphatic heterocycles. The minimum atomic E-state index is -4.45. The molecular weight excluding hydrogens is 205 g/mol. The highest BCUT2D eigenvalue weighted by Gasteiger charge is 2.35. The van der Waals surface area contributed by atoms with E-state index >= 15 is 0 Å². The van der Waals surface area contributed by atoms with Crippen molar-refractivity contribution in [3.8, 4) is 6.07 Å². The third-order valence-corrected chi connectivity index (χ3v) is 2.03. The Morgan fingerprint density at radius 3 is 2.53 bits per heavy atom. The highest BCUT2D eigenvalue weighted by molar-refractivity contribution is 5.45. The normalized spacial score (nSPS) is 16.9. The van der Waals surface area contributed by atoms with Crippen molar-refractivity contribution >= 4 is 0 Å². The molecule has 0 unspecified atom stereocenters. The first-order valence-corrected chi connectivity index (χ1v) is 4.25. The molecule has 0 fully saturated rings. The van der Waals surface area contributed by atoms with Gasteiger partial charge in [-0.05, 0) is 18.6 Å². The van der Waals surface area contributed by atoms with Gasteiger partial charge in [0.25, 0.3) is 0 Å². The maximum absolute atomic E-state index is 12.5. The lowest BCUT2D eigenvalue weighted by atomic mass is 10.1. The van der Waals surface area contributed by atoms with Crippen molar-refractivity contribution in [3.05, 3.63) is 35.1 Å². The van der Waals surface area contributed by atoms with E-state index in [1.165, 1.54) is 18.2 Å². The topological polar surface area (TPSA) is 35.8 Å². The van der Waals surface area contributed by atoms with Crippen molar-refractivity contribution < 1.29 is 13.2 Å². The second-order valence-corrected chi connectivity index (χ2v) is 2.95. The maximum Gasteiger partial charge on any atom is 0.414 e. The zero-order chi connectivity index (χ0) is 11.5. The maximum atomic E-state index is 12.5. The van der Waals surface area contributed by atoms with Crippen LogP contribution in [0.5, 0.6) is 0 Å². The molecule has 0 saturated heterocycles. The molecule has 0 aromatic heterocycles. The summed E-state index contributed by atoms with van der Waals surface area (Å²) in [7, 11) is 1.61. The number of rotatable bonds is 1. The van der Waals surface area contributed by atoms with Crippen LogP contribution < -0.4 is 5.32 Å². The second kappa shape index (κ2) is 4.22. The van der Waals surface area contributed by atoms with Crippen LogP contribution in [-0.4, -0.2) is 13.2 Å². The monoisotopic (exact) mass is 214 g/mol. The summed E-state index contributed by atoms with van der Waals surface area (Å²) in [6.07, 6.45) is -0.691. The number of likely N-dealkylation sites (N-methyl/N-ethyl adjacent to an activating group) is 1. The highest BCUT2D eigenvalue weighted by atomic mass is 19.4. The molecule has 80 valence electrons. The molecule has 1 aliphatic rings. The van der Waals surface area contributed by atoms with Crippen LogP contribution in [0.15, 0.2) is 35.1 Å². The number of halogens is 3. The van der Waals surface area contributed by atoms with Crippen LogP contribution in [0, 0.1) is 11.3 Å². The van der Waals surface area contributed by atoms with Crippen molar-refractivity contribution in [2.75, 3.05) is 7.05 Å². The van der Waals surface area contributed by atoms with Crippen LogP contribution in [0.1, 0.15) is 6.42 Å². The Bertz CT molecular complexity index is 380. The fourth-order valence-electron chi connectivity index (χ4n) is 1.22. The zero-order valence-corrected chi connectivity index (χ0v) is 8.02. The second-order valence-electron chi connectivity index (χ2n) is 2.95. The molecule has 1 N–H and O–H groups in total. The summed E-state index contributed by atoms with van der Waals surface area (Å²) in [5.41, 5.74) is -0.558. The summed E-state index contributed by atoms with van der Waals surface area (Å²) >= 11 is 0. The van der Waals surface area contributed by atoms with Gasteiger partial charge in [0, 0.05) is 12.7 Å². The lowest BCUT2D eigenvalue weighted by molar-refractivity contribution is -0.0933. The Morgan fingerprint density at radius 1 is 1.40 bits per heavy atom. The quantitative estimate of drug-likeness (QED) is 0.727. The highest BCUT2D eigenvalue weighted by Crippen LogP contribution is 2.32. The van der Waals surface area contributed by atoms with Crippen molar-refractivity contribution in [1.29, 1.82) is 5.26 Å². The van der Waals surface area contributed by atoms with E-state index in [0.29, 0.717) is 5.70 Å². The van der Waals surface area contributed by atoms with Gasteiger partial charge in [0.2, 0.25) is 0 Å². The van der Waals surface area contributed by atoms with Crippen LogP contribution in [0.4, 0.5) is 13.2 Å². The molecule has 0 bridgehead atoms. The molecule has 2 nitrogen and oxygen atoms in total. The average molecular weight is 214 g/mol. The van der Waals surface area contributed by atoms with Crippen molar-refractivity contribution in [2.45, 2.75) is 12.6 Å². The Labute approximate surface area is 85.4 Å². The van der Waals surface area contributed by atoms with Gasteiger partial charge < -0.3 is 5.32 Å². The lowest BCUT2D eigenvalue weighted by Gasteiger charge is -2.09. The molecule has 0 aromatic carbocycles. The number of nitrogens with one attached hydrogen (secondary N) is 1. The molecule has 0 heterocycles. The lowest BCUT2D eigenvalue weighted by Crippen LogP contribution is -2.13. The smallest absolute Gasteiger partial charge is 0.388 e. The van der Waals surface area contributed by atoms with E-state index in [0.717, 1.165) is 0 Å². The van der Waals surface area contributed by atoms with Gasteiger partial charge in [-0.2, -0.15) is 18.4 Å². The number of nitrogens with zero attached hydrogens (tertiary/aromatic N) is 1. The van der Waals surface area contributed by atoms with Crippen molar-refractivity contribution in [2.24, 2.45) is 0 Å². The molecule has 1 rings (SSSR count). The third-order valence-electron chi connectivity index (χ3n) is 2.03. The fourth-order valence-corrected chi connectivity index (χ4v) is 1.22. The van der Waals surface area contributed by atoms with Gasteiger partial charge >= 0.3 is 6.18 Å². The molecule has 0 saturated carbocycles. The summed E-state index contributed by atoms with van der Waals surface area (Å²) in [4.78, 5) is 0. The van der Waals surface area contributed by atoms with Crippen LogP contribution in [0.2, 0.25) is 0 Å². The molecule has 0 radical (unpaired) electrons. The Kier molecular flexibility index (Phi) is 3.20. The fraction of sp³-hybridized carbons (Fsp3) is 0.300. The summed E-state index contributed by atoms with van der Waals surface area (Å²) < 4.78 is 37.5. The van der Waals surface area contributed by atoms with Gasteiger partial charge in [-0.25, -0.2) is 0 Å². The molecule has 5 heteroatoms. The van der Waals surface area contributed by atoms with Gasteiger partial charge in [-0.3, -0.25) is 0 Å². The number of nitriles is 1. The van der Waals surface area contributed by atoms with E-state index in [1.807, 2.05) is 0 Å². The molecule has 1 aliphatic carbocycles. The summed E-state index contributed by atoms with van der Waals surface area (Å²) in [6.45, 7) is 0. The molecule has 15 heavy (non-hydrogen) atoms. The molecule has 0 atom stereocenters. The summed E-state index contributed by atoms with van der Waals surface area (Å²) in [6, 6.07) is 1.56. The molecule has 0 spiro atoms. The Hall–Kier alpha value is -1.70. The van der Waals surface area contributed by atoms with Gasteiger partial charge in [0.15, 0.2) is 0 Å². The summed E-state index contributed by atoms with van der Waals surface area (Å²) in [5.74, 6) is 0. The zero-order valence-electron chi connectivity index (χ0n) is 8.02.